The second-order valence-corrected chi connectivity index (χ2v) is 6.35. The number of hydrogen-bond donors (Lipinski definition) is 1. The molecule has 0 aliphatic heterocycles. The van der Waals surface area contributed by atoms with Gasteiger partial charge in [-0.25, -0.2) is 0 Å². The minimum absolute atomic E-state index is 0.164. The van der Waals surface area contributed by atoms with Gasteiger partial charge in [0.05, 0.1) is 26.2 Å². The summed E-state index contributed by atoms with van der Waals surface area (Å²) in [5.41, 5.74) is 1.39. The van der Waals surface area contributed by atoms with E-state index in [2.05, 4.69) is 20.8 Å². The summed E-state index contributed by atoms with van der Waals surface area (Å²) in [6.07, 6.45) is 3.08. The number of nitrogens with one attached hydrogen (secondary N) is 1. The number of ether oxygens (including phenoxy) is 2. The van der Waals surface area contributed by atoms with Gasteiger partial charge in [0.15, 0.2) is 5.82 Å². The number of methoxy groups -OCH3 is 2. The molecule has 2 heterocycles. The average Bonchev–Trinajstić information content (AvgIpc) is 3.50. The first kappa shape index (κ1) is 19.9. The van der Waals surface area contributed by atoms with E-state index in [0.29, 0.717) is 28.8 Å². The molecule has 4 aromatic rings. The Hall–Kier alpha value is -4.40. The van der Waals surface area contributed by atoms with Crippen molar-refractivity contribution in [2.45, 2.75) is 0 Å². The van der Waals surface area contributed by atoms with Gasteiger partial charge in [0.2, 0.25) is 0 Å². The number of aromatic nitrogens is 4. The zero-order valence-corrected chi connectivity index (χ0v) is 16.9. The van der Waals surface area contributed by atoms with Crippen molar-refractivity contribution in [1.82, 2.24) is 20.2 Å². The van der Waals surface area contributed by atoms with Gasteiger partial charge < -0.3 is 19.2 Å². The summed E-state index contributed by atoms with van der Waals surface area (Å²) in [5, 5.41) is 14.7. The van der Waals surface area contributed by atoms with Crippen LogP contribution in [-0.4, -0.2) is 40.3 Å². The quantitative estimate of drug-likeness (QED) is 0.458. The highest BCUT2D eigenvalue weighted by Gasteiger charge is 2.21. The Kier molecular flexibility index (Phi) is 5.75. The monoisotopic (exact) mass is 417 g/mol. The lowest BCUT2D eigenvalue weighted by Crippen LogP contribution is -2.19. The molecule has 9 nitrogen and oxygen atoms in total. The number of hydrogen-bond acceptors (Lipinski definition) is 7. The Morgan fingerprint density at radius 3 is 2.61 bits per heavy atom. The number of amides is 1. The summed E-state index contributed by atoms with van der Waals surface area (Å²) in [7, 11) is 3.07. The van der Waals surface area contributed by atoms with Crippen molar-refractivity contribution in [3.05, 3.63) is 72.7 Å². The molecule has 2 aromatic carbocycles. The number of furan rings is 1. The van der Waals surface area contributed by atoms with Crippen LogP contribution in [0.4, 0.5) is 5.69 Å². The molecule has 0 bridgehead atoms. The Balaban J connectivity index is 1.75. The van der Waals surface area contributed by atoms with E-state index in [4.69, 9.17) is 13.9 Å². The van der Waals surface area contributed by atoms with E-state index in [1.165, 1.54) is 18.1 Å². The van der Waals surface area contributed by atoms with Crippen molar-refractivity contribution < 1.29 is 18.7 Å². The highest BCUT2D eigenvalue weighted by Crippen LogP contribution is 2.30. The van der Waals surface area contributed by atoms with Crippen molar-refractivity contribution in [3.8, 4) is 22.9 Å². The van der Waals surface area contributed by atoms with E-state index >= 15 is 0 Å². The largest absolute Gasteiger partial charge is 0.497 e. The zero-order chi connectivity index (χ0) is 21.6. The van der Waals surface area contributed by atoms with Crippen LogP contribution in [0, 0.1) is 0 Å². The minimum atomic E-state index is -0.454. The predicted octanol–water partition coefficient (Wildman–Crippen LogP) is 3.59. The molecular weight excluding hydrogens is 398 g/mol. The molecule has 31 heavy (non-hydrogen) atoms. The highest BCUT2D eigenvalue weighted by molar-refractivity contribution is 6.24. The molecule has 1 amide bonds. The normalized spacial score (nSPS) is 11.2. The maximum Gasteiger partial charge on any atom is 0.274 e. The van der Waals surface area contributed by atoms with Crippen LogP contribution in [0.2, 0.25) is 0 Å². The van der Waals surface area contributed by atoms with Crippen LogP contribution in [0.15, 0.2) is 71.3 Å². The summed E-state index contributed by atoms with van der Waals surface area (Å²) in [6, 6.07) is 17.9. The van der Waals surface area contributed by atoms with Crippen LogP contribution in [-0.2, 0) is 4.79 Å². The second-order valence-electron chi connectivity index (χ2n) is 6.35. The number of carbonyl (C=O) groups is 1. The topological polar surface area (TPSA) is 104 Å². The van der Waals surface area contributed by atoms with Gasteiger partial charge in [-0.1, -0.05) is 30.3 Å². The third-order valence-electron chi connectivity index (χ3n) is 4.44. The smallest absolute Gasteiger partial charge is 0.274 e. The predicted molar refractivity (Wildman–Crippen MR) is 114 cm³/mol. The van der Waals surface area contributed by atoms with Crippen LogP contribution in [0.5, 0.6) is 11.5 Å². The fourth-order valence-electron chi connectivity index (χ4n) is 2.94. The summed E-state index contributed by atoms with van der Waals surface area (Å²) in [5.74, 6) is 1.49. The highest BCUT2D eigenvalue weighted by atomic mass is 16.5. The lowest BCUT2D eigenvalue weighted by Gasteiger charge is -2.13. The molecular formula is C22H19N5O4. The summed E-state index contributed by atoms with van der Waals surface area (Å²) >= 11 is 0. The fraction of sp³-hybridized carbons (Fsp3) is 0.0909. The Labute approximate surface area is 177 Å². The Morgan fingerprint density at radius 2 is 1.90 bits per heavy atom. The molecule has 9 heteroatoms. The molecule has 0 unspecified atom stereocenters. The molecule has 0 fully saturated rings. The van der Waals surface area contributed by atoms with Crippen molar-refractivity contribution in [1.29, 1.82) is 0 Å². The van der Waals surface area contributed by atoms with Crippen molar-refractivity contribution in [2.75, 3.05) is 19.5 Å². The van der Waals surface area contributed by atoms with Gasteiger partial charge in [-0.2, -0.15) is 4.68 Å². The summed E-state index contributed by atoms with van der Waals surface area (Å²) in [6.45, 7) is 0. The minimum Gasteiger partial charge on any atom is -0.497 e. The van der Waals surface area contributed by atoms with Gasteiger partial charge in [-0.3, -0.25) is 4.79 Å². The second kappa shape index (κ2) is 8.95. The molecule has 0 aliphatic carbocycles. The molecule has 4 rings (SSSR count). The standard InChI is InChI=1S/C22H19N5O4/c1-29-16-10-11-18(20(14-16)30-2)23-22(28)19(13-17-9-6-12-31-17)27-21(24-25-26-27)15-7-4-3-5-8-15/h3-14H,1-2H3,(H,23,28). The Morgan fingerprint density at radius 1 is 1.06 bits per heavy atom. The van der Waals surface area contributed by atoms with Crippen molar-refractivity contribution in [3.63, 3.8) is 0 Å². The zero-order valence-electron chi connectivity index (χ0n) is 16.9. The lowest BCUT2D eigenvalue weighted by atomic mass is 10.2. The first-order valence-electron chi connectivity index (χ1n) is 9.32. The van der Waals surface area contributed by atoms with Crippen LogP contribution in [0.25, 0.3) is 23.2 Å². The third-order valence-corrected chi connectivity index (χ3v) is 4.44. The molecule has 0 saturated carbocycles. The van der Waals surface area contributed by atoms with Crippen LogP contribution < -0.4 is 14.8 Å². The lowest BCUT2D eigenvalue weighted by molar-refractivity contribution is -0.111. The molecule has 0 aliphatic rings. The SMILES string of the molecule is COc1ccc(NC(=O)C(=Cc2ccco2)n2nnnc2-c2ccccc2)c(OC)c1. The molecule has 0 radical (unpaired) electrons. The number of rotatable bonds is 7. The molecule has 0 spiro atoms. The van der Waals surface area contributed by atoms with E-state index in [1.807, 2.05) is 30.3 Å². The van der Waals surface area contributed by atoms with Gasteiger partial charge in [-0.15, -0.1) is 5.10 Å². The van der Waals surface area contributed by atoms with E-state index in [-0.39, 0.29) is 5.70 Å². The molecule has 0 saturated heterocycles. The number of carbonyl (C=O) groups excluding carboxylic acids is 1. The molecule has 0 atom stereocenters. The number of anilines is 1. The van der Waals surface area contributed by atoms with Crippen LogP contribution >= 0.6 is 0 Å². The third kappa shape index (κ3) is 4.30. The first-order valence-corrected chi connectivity index (χ1v) is 9.32. The van der Waals surface area contributed by atoms with Gasteiger partial charge in [0.25, 0.3) is 5.91 Å². The number of benzene rings is 2. The van der Waals surface area contributed by atoms with E-state index < -0.39 is 5.91 Å². The maximum atomic E-state index is 13.3. The molecule has 1 N–H and O–H groups in total. The fourth-order valence-corrected chi connectivity index (χ4v) is 2.94. The maximum absolute atomic E-state index is 13.3. The van der Waals surface area contributed by atoms with Crippen molar-refractivity contribution >= 4 is 23.4 Å². The summed E-state index contributed by atoms with van der Waals surface area (Å²) in [4.78, 5) is 13.3. The van der Waals surface area contributed by atoms with Gasteiger partial charge >= 0.3 is 0 Å². The average molecular weight is 417 g/mol. The van der Waals surface area contributed by atoms with E-state index in [1.54, 1.807) is 43.5 Å². The Bertz CT molecular complexity index is 1200. The van der Waals surface area contributed by atoms with Crippen molar-refractivity contribution in [2.24, 2.45) is 0 Å². The molecule has 2 aromatic heterocycles. The van der Waals surface area contributed by atoms with Crippen LogP contribution in [0.3, 0.4) is 0 Å². The van der Waals surface area contributed by atoms with E-state index in [9.17, 15) is 4.79 Å². The number of nitrogens with zero attached hydrogens (tertiary/aromatic N) is 4. The van der Waals surface area contributed by atoms with Gasteiger partial charge in [-0.05, 0) is 34.7 Å². The summed E-state index contributed by atoms with van der Waals surface area (Å²) < 4.78 is 17.4. The molecule has 156 valence electrons. The van der Waals surface area contributed by atoms with E-state index in [0.717, 1.165) is 5.56 Å². The van der Waals surface area contributed by atoms with Gasteiger partial charge in [0.1, 0.15) is 23.0 Å². The van der Waals surface area contributed by atoms with Gasteiger partial charge in [0, 0.05) is 17.7 Å². The number of tetrazole rings is 1. The van der Waals surface area contributed by atoms with Crippen LogP contribution in [0.1, 0.15) is 5.76 Å². The first-order chi connectivity index (χ1) is 15.2.